The van der Waals surface area contributed by atoms with Crippen LogP contribution < -0.4 is 10.1 Å². The number of unbranched alkanes of at least 4 members (excludes halogenated alkanes) is 2. The van der Waals surface area contributed by atoms with E-state index in [1.165, 1.54) is 24.8 Å². The Labute approximate surface area is 159 Å². The van der Waals surface area contributed by atoms with Gasteiger partial charge in [0.2, 0.25) is 0 Å². The van der Waals surface area contributed by atoms with Gasteiger partial charge < -0.3 is 10.1 Å². The minimum atomic E-state index is 0.520. The molecule has 0 unspecified atom stereocenters. The molecule has 0 radical (unpaired) electrons. The first-order valence-corrected chi connectivity index (χ1v) is 9.97. The van der Waals surface area contributed by atoms with Gasteiger partial charge in [0.15, 0.2) is 16.7 Å². The van der Waals surface area contributed by atoms with Crippen LogP contribution in [0.25, 0.3) is 0 Å². The summed E-state index contributed by atoms with van der Waals surface area (Å²) in [4.78, 5) is 9.07. The van der Waals surface area contributed by atoms with Crippen LogP contribution in [0.5, 0.6) is 5.75 Å². The predicted molar refractivity (Wildman–Crippen MR) is 108 cm³/mol. The molecule has 2 heterocycles. The number of nitrogens with one attached hydrogen (secondary N) is 1. The van der Waals surface area contributed by atoms with Gasteiger partial charge in [0, 0.05) is 11.6 Å². The molecule has 0 spiro atoms. The lowest BCUT2D eigenvalue weighted by Crippen LogP contribution is -2.02. The molecule has 0 saturated heterocycles. The molecule has 2 aromatic heterocycles. The number of thiazole rings is 1. The Balaban J connectivity index is 1.77. The molecule has 4 nitrogen and oxygen atoms in total. The Morgan fingerprint density at radius 2 is 1.96 bits per heavy atom. The highest BCUT2D eigenvalue weighted by Crippen LogP contribution is 2.29. The lowest BCUT2D eigenvalue weighted by Gasteiger charge is -2.13. The maximum Gasteiger partial charge on any atom is 0.188 e. The van der Waals surface area contributed by atoms with Crippen molar-refractivity contribution in [3.05, 3.63) is 64.8 Å². The third-order valence-corrected chi connectivity index (χ3v) is 4.94. The number of benzene rings is 1. The molecule has 0 aliphatic heterocycles. The Kier molecular flexibility index (Phi) is 6.61. The number of nitrogens with zero attached hydrogens (tertiary/aromatic N) is 2. The zero-order valence-corrected chi connectivity index (χ0v) is 16.2. The van der Waals surface area contributed by atoms with Gasteiger partial charge in [-0.1, -0.05) is 50.1 Å². The third-order valence-electron chi connectivity index (χ3n) is 4.06. The molecule has 3 aromatic rings. The fraction of sp³-hybridized carbons (Fsp3) is 0.333. The summed E-state index contributed by atoms with van der Waals surface area (Å²) in [6.45, 7) is 4.72. The van der Waals surface area contributed by atoms with Crippen LogP contribution in [0.15, 0.2) is 48.0 Å². The Morgan fingerprint density at radius 1 is 1.12 bits per heavy atom. The number of hydrogen-bond donors (Lipinski definition) is 1. The predicted octanol–water partition coefficient (Wildman–Crippen LogP) is 5.90. The van der Waals surface area contributed by atoms with E-state index in [2.05, 4.69) is 40.4 Å². The van der Waals surface area contributed by atoms with Crippen molar-refractivity contribution >= 4 is 22.3 Å². The molecular weight excluding hydrogens is 342 g/mol. The van der Waals surface area contributed by atoms with Gasteiger partial charge in [-0.25, -0.2) is 9.97 Å². The first-order chi connectivity index (χ1) is 12.7. The van der Waals surface area contributed by atoms with Crippen molar-refractivity contribution < 1.29 is 4.74 Å². The first kappa shape index (κ1) is 18.4. The van der Waals surface area contributed by atoms with E-state index in [0.717, 1.165) is 34.4 Å². The van der Waals surface area contributed by atoms with Crippen molar-refractivity contribution in [3.63, 3.8) is 0 Å². The zero-order chi connectivity index (χ0) is 18.2. The average Bonchev–Trinajstić information content (AvgIpc) is 3.07. The topological polar surface area (TPSA) is 47.0 Å². The van der Waals surface area contributed by atoms with Crippen molar-refractivity contribution in [3.8, 4) is 5.75 Å². The molecular formula is C21H25N3OS. The van der Waals surface area contributed by atoms with Gasteiger partial charge in [-0.05, 0) is 37.0 Å². The van der Waals surface area contributed by atoms with Crippen LogP contribution >= 0.6 is 11.3 Å². The third kappa shape index (κ3) is 5.30. The quantitative estimate of drug-likeness (QED) is 0.478. The summed E-state index contributed by atoms with van der Waals surface area (Å²) in [5.74, 6) is 1.49. The van der Waals surface area contributed by atoms with Crippen LogP contribution in [0.1, 0.15) is 43.0 Å². The summed E-state index contributed by atoms with van der Waals surface area (Å²) in [5.41, 5.74) is 3.35. The number of rotatable bonds is 9. The van der Waals surface area contributed by atoms with Crippen LogP contribution in [0.3, 0.4) is 0 Å². The van der Waals surface area contributed by atoms with E-state index in [4.69, 9.17) is 4.74 Å². The normalized spacial score (nSPS) is 10.7. The number of aromatic nitrogens is 2. The maximum absolute atomic E-state index is 6.10. The first-order valence-electron chi connectivity index (χ1n) is 9.09. The van der Waals surface area contributed by atoms with Crippen LogP contribution in [0.2, 0.25) is 0 Å². The molecule has 0 atom stereocenters. The van der Waals surface area contributed by atoms with E-state index in [9.17, 15) is 0 Å². The molecule has 5 heteroatoms. The second kappa shape index (κ2) is 9.34. The highest BCUT2D eigenvalue weighted by atomic mass is 32.1. The van der Waals surface area contributed by atoms with Gasteiger partial charge >= 0.3 is 0 Å². The van der Waals surface area contributed by atoms with Gasteiger partial charge in [-0.2, -0.15) is 0 Å². The minimum Gasteiger partial charge on any atom is -0.485 e. The van der Waals surface area contributed by atoms with Crippen molar-refractivity contribution in [2.45, 2.75) is 46.1 Å². The van der Waals surface area contributed by atoms with Gasteiger partial charge in [-0.3, -0.25) is 0 Å². The molecule has 1 N–H and O–H groups in total. The lowest BCUT2D eigenvalue weighted by molar-refractivity contribution is 0.306. The summed E-state index contributed by atoms with van der Waals surface area (Å²) >= 11 is 1.57. The highest BCUT2D eigenvalue weighted by molar-refractivity contribution is 7.13. The molecule has 3 rings (SSSR count). The van der Waals surface area contributed by atoms with Crippen LogP contribution in [-0.4, -0.2) is 9.97 Å². The second-order valence-corrected chi connectivity index (χ2v) is 7.20. The molecule has 26 heavy (non-hydrogen) atoms. The largest absolute Gasteiger partial charge is 0.485 e. The number of hydrogen-bond acceptors (Lipinski definition) is 5. The van der Waals surface area contributed by atoms with Crippen LogP contribution in [-0.2, 0) is 13.0 Å². The number of pyridine rings is 1. The maximum atomic E-state index is 6.10. The molecule has 0 amide bonds. The standard InChI is InChI=1S/C21H25N3OS/c1-3-4-6-11-18-12-19(25-14-17-9-7-5-8-10-17)20(22-13-18)24-21-23-16(2)15-26-21/h5,7-10,12-13,15H,3-4,6,11,14H2,1-2H3,(H,22,23,24). The molecule has 0 aliphatic carbocycles. The summed E-state index contributed by atoms with van der Waals surface area (Å²) < 4.78 is 6.10. The summed E-state index contributed by atoms with van der Waals surface area (Å²) in [7, 11) is 0. The summed E-state index contributed by atoms with van der Waals surface area (Å²) in [6, 6.07) is 12.3. The van der Waals surface area contributed by atoms with E-state index in [1.807, 2.05) is 36.7 Å². The van der Waals surface area contributed by atoms with Gasteiger partial charge in [0.1, 0.15) is 6.61 Å². The Bertz CT molecular complexity index is 817. The smallest absolute Gasteiger partial charge is 0.188 e. The number of anilines is 2. The SMILES string of the molecule is CCCCCc1cnc(Nc2nc(C)cs2)c(OCc2ccccc2)c1. The molecule has 136 valence electrons. The van der Waals surface area contributed by atoms with Crippen LogP contribution in [0, 0.1) is 6.92 Å². The lowest BCUT2D eigenvalue weighted by atomic mass is 10.1. The Morgan fingerprint density at radius 3 is 2.69 bits per heavy atom. The van der Waals surface area contributed by atoms with E-state index in [0.29, 0.717) is 6.61 Å². The van der Waals surface area contributed by atoms with Crippen molar-refractivity contribution in [1.82, 2.24) is 9.97 Å². The molecule has 0 bridgehead atoms. The fourth-order valence-electron chi connectivity index (χ4n) is 2.65. The number of aryl methyl sites for hydroxylation is 2. The monoisotopic (exact) mass is 367 g/mol. The molecule has 1 aromatic carbocycles. The average molecular weight is 368 g/mol. The van der Waals surface area contributed by atoms with Crippen molar-refractivity contribution in [2.24, 2.45) is 0 Å². The van der Waals surface area contributed by atoms with Gasteiger partial charge in [-0.15, -0.1) is 11.3 Å². The van der Waals surface area contributed by atoms with Gasteiger partial charge in [0.25, 0.3) is 0 Å². The fourth-order valence-corrected chi connectivity index (χ4v) is 3.34. The molecule has 0 saturated carbocycles. The summed E-state index contributed by atoms with van der Waals surface area (Å²) in [6.07, 6.45) is 6.59. The second-order valence-electron chi connectivity index (χ2n) is 6.34. The minimum absolute atomic E-state index is 0.520. The molecule has 0 aliphatic rings. The van der Waals surface area contributed by atoms with E-state index >= 15 is 0 Å². The van der Waals surface area contributed by atoms with Crippen molar-refractivity contribution in [2.75, 3.05) is 5.32 Å². The number of ether oxygens (including phenoxy) is 1. The van der Waals surface area contributed by atoms with E-state index < -0.39 is 0 Å². The van der Waals surface area contributed by atoms with Crippen molar-refractivity contribution in [1.29, 1.82) is 0 Å². The van der Waals surface area contributed by atoms with Crippen LogP contribution in [0.4, 0.5) is 10.9 Å². The van der Waals surface area contributed by atoms with Gasteiger partial charge in [0.05, 0.1) is 5.69 Å². The zero-order valence-electron chi connectivity index (χ0n) is 15.4. The summed E-state index contributed by atoms with van der Waals surface area (Å²) in [5, 5.41) is 6.15. The molecule has 0 fully saturated rings. The van der Waals surface area contributed by atoms with E-state index in [1.54, 1.807) is 11.3 Å². The Hall–Kier alpha value is -2.40. The highest BCUT2D eigenvalue weighted by Gasteiger charge is 2.10. The van der Waals surface area contributed by atoms with E-state index in [-0.39, 0.29) is 0 Å².